The second kappa shape index (κ2) is 5.88. The molecule has 3 nitrogen and oxygen atoms in total. The summed E-state index contributed by atoms with van der Waals surface area (Å²) >= 11 is 0. The van der Waals surface area contributed by atoms with Gasteiger partial charge in [0.1, 0.15) is 11.5 Å². The lowest BCUT2D eigenvalue weighted by Crippen LogP contribution is -2.31. The Morgan fingerprint density at radius 3 is 2.58 bits per heavy atom. The van der Waals surface area contributed by atoms with Crippen LogP contribution in [0.2, 0.25) is 0 Å². The first-order valence-corrected chi connectivity index (χ1v) is 7.49. The fourth-order valence-corrected chi connectivity index (χ4v) is 3.65. The number of benzene rings is 1. The van der Waals surface area contributed by atoms with Gasteiger partial charge in [-0.1, -0.05) is 12.1 Å². The number of halogens is 2. The first-order chi connectivity index (χ1) is 8.98. The summed E-state index contributed by atoms with van der Waals surface area (Å²) in [6.07, 6.45) is 0. The largest absolute Gasteiger partial charge is 0.417 e. The standard InChI is InChI=1S/C13H15F2O3S/c1-13(14,15)12(16)18-10-4-2-3-5-11(10)19-8-6-17-7-9-19/h2-5H,6-9H2,1H3/q+1. The maximum absolute atomic E-state index is 12.9. The molecule has 2 rings (SSSR count). The van der Waals surface area contributed by atoms with E-state index >= 15 is 0 Å². The van der Waals surface area contributed by atoms with Crippen LogP contribution in [0.5, 0.6) is 5.75 Å². The van der Waals surface area contributed by atoms with Gasteiger partial charge in [-0.3, -0.25) is 0 Å². The van der Waals surface area contributed by atoms with Gasteiger partial charge in [0.15, 0.2) is 10.6 Å². The lowest BCUT2D eigenvalue weighted by atomic mass is 10.3. The number of carbonyl (C=O) groups is 1. The summed E-state index contributed by atoms with van der Waals surface area (Å²) in [5.41, 5.74) is 0. The highest BCUT2D eigenvalue weighted by Gasteiger charge is 2.37. The normalized spacial score (nSPS) is 17.2. The third-order valence-electron chi connectivity index (χ3n) is 2.67. The summed E-state index contributed by atoms with van der Waals surface area (Å²) in [6.45, 7) is 1.83. The molecule has 1 saturated heterocycles. The van der Waals surface area contributed by atoms with Crippen molar-refractivity contribution in [3.05, 3.63) is 24.3 Å². The molecular formula is C13H15F2O3S+. The summed E-state index contributed by atoms with van der Waals surface area (Å²) in [6, 6.07) is 6.87. The van der Waals surface area contributed by atoms with Gasteiger partial charge >= 0.3 is 11.9 Å². The zero-order valence-corrected chi connectivity index (χ0v) is 11.3. The van der Waals surface area contributed by atoms with Gasteiger partial charge in [0.25, 0.3) is 0 Å². The number of ether oxygens (including phenoxy) is 2. The van der Waals surface area contributed by atoms with Gasteiger partial charge in [0.2, 0.25) is 0 Å². The molecule has 0 radical (unpaired) electrons. The molecule has 104 valence electrons. The minimum Gasteiger partial charge on any atom is -0.417 e. The van der Waals surface area contributed by atoms with E-state index in [0.29, 0.717) is 20.1 Å². The van der Waals surface area contributed by atoms with Crippen LogP contribution in [0.4, 0.5) is 8.78 Å². The van der Waals surface area contributed by atoms with Crippen LogP contribution in [0.15, 0.2) is 29.2 Å². The lowest BCUT2D eigenvalue weighted by molar-refractivity contribution is -0.159. The van der Waals surface area contributed by atoms with Gasteiger partial charge in [0.05, 0.1) is 13.2 Å². The highest BCUT2D eigenvalue weighted by molar-refractivity contribution is 7.97. The minimum absolute atomic E-state index is 0.110. The predicted octanol–water partition coefficient (Wildman–Crippen LogP) is 2.25. The molecule has 0 aromatic heterocycles. The van der Waals surface area contributed by atoms with Crippen LogP contribution in [-0.2, 0) is 20.4 Å². The summed E-state index contributed by atoms with van der Waals surface area (Å²) in [5, 5.41) is 0. The molecule has 0 amide bonds. The number of alkyl halides is 2. The molecule has 0 saturated carbocycles. The molecule has 1 heterocycles. The van der Waals surface area contributed by atoms with E-state index in [-0.39, 0.29) is 16.6 Å². The number of rotatable bonds is 3. The zero-order valence-electron chi connectivity index (χ0n) is 10.5. The van der Waals surface area contributed by atoms with E-state index in [1.54, 1.807) is 12.1 Å². The molecule has 19 heavy (non-hydrogen) atoms. The van der Waals surface area contributed by atoms with Crippen LogP contribution in [0.1, 0.15) is 6.92 Å². The Morgan fingerprint density at radius 2 is 1.95 bits per heavy atom. The van der Waals surface area contributed by atoms with E-state index in [2.05, 4.69) is 0 Å². The van der Waals surface area contributed by atoms with Gasteiger partial charge in [-0.05, 0) is 12.1 Å². The van der Waals surface area contributed by atoms with Crippen LogP contribution in [0.25, 0.3) is 0 Å². The fourth-order valence-electron chi connectivity index (χ4n) is 1.71. The van der Waals surface area contributed by atoms with E-state index < -0.39 is 11.9 Å². The third-order valence-corrected chi connectivity index (χ3v) is 4.95. The van der Waals surface area contributed by atoms with Gasteiger partial charge in [0, 0.05) is 17.8 Å². The van der Waals surface area contributed by atoms with Gasteiger partial charge in [-0.15, -0.1) is 0 Å². The topological polar surface area (TPSA) is 35.5 Å². The van der Waals surface area contributed by atoms with E-state index in [4.69, 9.17) is 9.47 Å². The van der Waals surface area contributed by atoms with E-state index in [9.17, 15) is 13.6 Å². The fraction of sp³-hybridized carbons (Fsp3) is 0.462. The Labute approximate surface area is 113 Å². The quantitative estimate of drug-likeness (QED) is 0.486. The lowest BCUT2D eigenvalue weighted by Gasteiger charge is -2.17. The number of carbonyl (C=O) groups excluding carboxylic acids is 1. The number of hydrogen-bond acceptors (Lipinski definition) is 3. The first-order valence-electron chi connectivity index (χ1n) is 5.93. The highest BCUT2D eigenvalue weighted by atomic mass is 32.2. The summed E-state index contributed by atoms with van der Waals surface area (Å²) < 4.78 is 35.9. The Hall–Kier alpha value is -1.14. The molecule has 1 aliphatic rings. The van der Waals surface area contributed by atoms with Gasteiger partial charge < -0.3 is 9.47 Å². The van der Waals surface area contributed by atoms with Crippen molar-refractivity contribution in [3.63, 3.8) is 0 Å². The maximum Gasteiger partial charge on any atom is 0.382 e. The maximum atomic E-state index is 12.9. The number of para-hydroxylation sites is 1. The Morgan fingerprint density at radius 1 is 1.32 bits per heavy atom. The Bertz CT molecular complexity index is 453. The molecule has 1 aromatic carbocycles. The summed E-state index contributed by atoms with van der Waals surface area (Å²) in [5.74, 6) is -3.10. The van der Waals surface area contributed by atoms with Crippen LogP contribution >= 0.6 is 0 Å². The minimum atomic E-state index is -3.48. The SMILES string of the molecule is CC(F)(F)C(=O)Oc1ccccc1[S+]1CCOCC1. The van der Waals surface area contributed by atoms with Crippen molar-refractivity contribution in [2.45, 2.75) is 17.7 Å². The molecule has 0 unspecified atom stereocenters. The van der Waals surface area contributed by atoms with Crippen molar-refractivity contribution in [1.29, 1.82) is 0 Å². The Kier molecular flexibility index (Phi) is 4.42. The van der Waals surface area contributed by atoms with Crippen LogP contribution in [0, 0.1) is 0 Å². The van der Waals surface area contributed by atoms with E-state index in [0.717, 1.165) is 16.4 Å². The summed E-state index contributed by atoms with van der Waals surface area (Å²) in [4.78, 5) is 12.1. The highest BCUT2D eigenvalue weighted by Crippen LogP contribution is 2.29. The molecule has 0 aliphatic carbocycles. The molecule has 0 spiro atoms. The average molecular weight is 289 g/mol. The van der Waals surface area contributed by atoms with Crippen molar-refractivity contribution in [1.82, 2.24) is 0 Å². The third kappa shape index (κ3) is 3.67. The van der Waals surface area contributed by atoms with Gasteiger partial charge in [-0.25, -0.2) is 4.79 Å². The molecule has 6 heteroatoms. The van der Waals surface area contributed by atoms with E-state index in [1.807, 2.05) is 12.1 Å². The molecule has 1 fully saturated rings. The molecule has 1 aromatic rings. The molecule has 0 bridgehead atoms. The van der Waals surface area contributed by atoms with Crippen LogP contribution in [0.3, 0.4) is 0 Å². The molecule has 0 N–H and O–H groups in total. The predicted molar refractivity (Wildman–Crippen MR) is 68.9 cm³/mol. The van der Waals surface area contributed by atoms with Crippen molar-refractivity contribution in [2.75, 3.05) is 24.7 Å². The number of hydrogen-bond donors (Lipinski definition) is 0. The first kappa shape index (κ1) is 14.3. The zero-order chi connectivity index (χ0) is 13.9. The molecule has 1 aliphatic heterocycles. The Balaban J connectivity index is 2.18. The summed E-state index contributed by atoms with van der Waals surface area (Å²) in [7, 11) is -0.110. The van der Waals surface area contributed by atoms with Gasteiger partial charge in [-0.2, -0.15) is 8.78 Å². The second-order valence-electron chi connectivity index (χ2n) is 4.24. The second-order valence-corrected chi connectivity index (χ2v) is 6.48. The molecule has 0 atom stereocenters. The van der Waals surface area contributed by atoms with Crippen molar-refractivity contribution in [2.24, 2.45) is 0 Å². The smallest absolute Gasteiger partial charge is 0.382 e. The van der Waals surface area contributed by atoms with Crippen LogP contribution in [-0.4, -0.2) is 36.6 Å². The van der Waals surface area contributed by atoms with Crippen molar-refractivity contribution < 1.29 is 23.0 Å². The van der Waals surface area contributed by atoms with Crippen LogP contribution < -0.4 is 4.74 Å². The average Bonchev–Trinajstić information content (AvgIpc) is 2.39. The molecular weight excluding hydrogens is 274 g/mol. The number of esters is 1. The van der Waals surface area contributed by atoms with Crippen molar-refractivity contribution in [3.8, 4) is 5.75 Å². The van der Waals surface area contributed by atoms with E-state index in [1.165, 1.54) is 0 Å². The monoisotopic (exact) mass is 289 g/mol. The van der Waals surface area contributed by atoms with Crippen molar-refractivity contribution >= 4 is 16.9 Å².